The van der Waals surface area contributed by atoms with Crippen molar-refractivity contribution in [1.29, 1.82) is 0 Å². The fourth-order valence-corrected chi connectivity index (χ4v) is 4.12. The lowest BCUT2D eigenvalue weighted by Crippen LogP contribution is -2.44. The van der Waals surface area contributed by atoms with Gasteiger partial charge in [-0.3, -0.25) is 0 Å². The molecule has 0 saturated heterocycles. The fraction of sp³-hybridized carbons (Fsp3) is 0.333. The van der Waals surface area contributed by atoms with Crippen LogP contribution in [0.2, 0.25) is 0 Å². The number of amidine groups is 1. The Morgan fingerprint density at radius 1 is 1.09 bits per heavy atom. The van der Waals surface area contributed by atoms with Crippen LogP contribution in [0.15, 0.2) is 66.2 Å². The summed E-state index contributed by atoms with van der Waals surface area (Å²) in [5, 5.41) is 4.38. The lowest BCUT2D eigenvalue weighted by atomic mass is 10.0. The average molecular weight is 479 g/mol. The molecule has 3 aromatic rings. The summed E-state index contributed by atoms with van der Waals surface area (Å²) in [7, 11) is 3.35. The standard InChI is InChI=1S/C27H31FN4O3/c1-20-18-31(19-29-20)24-13-7-21(17-25(24)34-4)8-14-26-30-35-27(2,22-9-11-23(28)12-10-22)32(26)15-5-6-16-33-3/h7-14,17-19H,5-6,15-16H2,1-4H3/b14-8+. The zero-order valence-corrected chi connectivity index (χ0v) is 20.6. The van der Waals surface area contributed by atoms with Crippen molar-refractivity contribution in [3.8, 4) is 11.4 Å². The molecule has 0 spiro atoms. The molecule has 1 aliphatic rings. The molecule has 2 heterocycles. The van der Waals surface area contributed by atoms with Crippen molar-refractivity contribution in [3.63, 3.8) is 0 Å². The summed E-state index contributed by atoms with van der Waals surface area (Å²) in [4.78, 5) is 12.3. The highest BCUT2D eigenvalue weighted by Crippen LogP contribution is 2.36. The van der Waals surface area contributed by atoms with Gasteiger partial charge in [0.2, 0.25) is 5.72 Å². The van der Waals surface area contributed by atoms with Gasteiger partial charge < -0.3 is 23.8 Å². The lowest BCUT2D eigenvalue weighted by Gasteiger charge is -2.34. The first-order valence-corrected chi connectivity index (χ1v) is 11.6. The zero-order valence-electron chi connectivity index (χ0n) is 20.6. The van der Waals surface area contributed by atoms with Crippen LogP contribution in [0.1, 0.15) is 36.6 Å². The molecule has 4 rings (SSSR count). The maximum absolute atomic E-state index is 13.5. The Bertz CT molecular complexity index is 1210. The van der Waals surface area contributed by atoms with Gasteiger partial charge in [0, 0.05) is 38.9 Å². The Balaban J connectivity index is 1.57. The van der Waals surface area contributed by atoms with Crippen LogP contribution in [0.4, 0.5) is 4.39 Å². The SMILES string of the molecule is COCCCCN1C(/C=C/c2ccc(-n3cnc(C)c3)c(OC)c2)=NOC1(C)c1ccc(F)cc1. The predicted octanol–water partition coefficient (Wildman–Crippen LogP) is 5.29. The third-order valence-electron chi connectivity index (χ3n) is 6.09. The zero-order chi connectivity index (χ0) is 24.8. The number of oxime groups is 1. The van der Waals surface area contributed by atoms with Crippen molar-refractivity contribution in [2.45, 2.75) is 32.4 Å². The van der Waals surface area contributed by atoms with Gasteiger partial charge in [0.25, 0.3) is 0 Å². The number of aryl methyl sites for hydroxylation is 1. The molecule has 0 saturated carbocycles. The number of hydrogen-bond acceptors (Lipinski definition) is 6. The molecule has 7 nitrogen and oxygen atoms in total. The van der Waals surface area contributed by atoms with Crippen LogP contribution < -0.4 is 4.74 Å². The van der Waals surface area contributed by atoms with E-state index in [0.717, 1.165) is 41.1 Å². The van der Waals surface area contributed by atoms with Crippen molar-refractivity contribution in [2.75, 3.05) is 27.4 Å². The van der Waals surface area contributed by atoms with E-state index in [4.69, 9.17) is 14.3 Å². The lowest BCUT2D eigenvalue weighted by molar-refractivity contribution is -0.0908. The third-order valence-corrected chi connectivity index (χ3v) is 6.09. The van der Waals surface area contributed by atoms with Crippen LogP contribution in [-0.4, -0.2) is 47.7 Å². The normalized spacial score (nSPS) is 17.6. The molecule has 184 valence electrons. The number of methoxy groups -OCH3 is 2. The third kappa shape index (κ3) is 5.38. The molecule has 0 aliphatic carbocycles. The molecule has 1 atom stereocenters. The number of benzene rings is 2. The maximum atomic E-state index is 13.5. The van der Waals surface area contributed by atoms with Crippen LogP contribution in [0.5, 0.6) is 5.75 Å². The highest BCUT2D eigenvalue weighted by atomic mass is 19.1. The van der Waals surface area contributed by atoms with Crippen molar-refractivity contribution in [1.82, 2.24) is 14.5 Å². The van der Waals surface area contributed by atoms with E-state index < -0.39 is 5.72 Å². The minimum Gasteiger partial charge on any atom is -0.495 e. The predicted molar refractivity (Wildman–Crippen MR) is 134 cm³/mol. The largest absolute Gasteiger partial charge is 0.495 e. The van der Waals surface area contributed by atoms with E-state index in [1.165, 1.54) is 12.1 Å². The van der Waals surface area contributed by atoms with Gasteiger partial charge in [-0.15, -0.1) is 0 Å². The van der Waals surface area contributed by atoms with E-state index in [0.29, 0.717) is 19.0 Å². The molecule has 0 amide bonds. The number of ether oxygens (including phenoxy) is 2. The Labute approximate surface area is 205 Å². The summed E-state index contributed by atoms with van der Waals surface area (Å²) in [6.07, 6.45) is 9.44. The first-order valence-electron chi connectivity index (χ1n) is 11.6. The first-order chi connectivity index (χ1) is 16.9. The number of rotatable bonds is 10. The number of imidazole rings is 1. The Hall–Kier alpha value is -3.65. The number of aromatic nitrogens is 2. The van der Waals surface area contributed by atoms with Crippen LogP contribution in [0.25, 0.3) is 11.8 Å². The van der Waals surface area contributed by atoms with Crippen LogP contribution in [-0.2, 0) is 15.3 Å². The number of hydrogen-bond donors (Lipinski definition) is 0. The summed E-state index contributed by atoms with van der Waals surface area (Å²) in [6.45, 7) is 5.30. The Kier molecular flexibility index (Phi) is 7.51. The molecule has 0 N–H and O–H groups in total. The second-order valence-electron chi connectivity index (χ2n) is 8.57. The Morgan fingerprint density at radius 2 is 1.89 bits per heavy atom. The molecule has 8 heteroatoms. The maximum Gasteiger partial charge on any atom is 0.234 e. The molecule has 1 unspecified atom stereocenters. The molecule has 0 radical (unpaired) electrons. The van der Waals surface area contributed by atoms with E-state index in [2.05, 4.69) is 15.0 Å². The van der Waals surface area contributed by atoms with Gasteiger partial charge in [0.1, 0.15) is 11.6 Å². The summed E-state index contributed by atoms with van der Waals surface area (Å²) < 4.78 is 26.3. The van der Waals surface area contributed by atoms with E-state index in [9.17, 15) is 4.39 Å². The molecule has 0 bridgehead atoms. The summed E-state index contributed by atoms with van der Waals surface area (Å²) >= 11 is 0. The quantitative estimate of drug-likeness (QED) is 0.371. The molecule has 35 heavy (non-hydrogen) atoms. The minimum atomic E-state index is -0.832. The van der Waals surface area contributed by atoms with E-state index >= 15 is 0 Å². The van der Waals surface area contributed by atoms with Gasteiger partial charge in [-0.1, -0.05) is 29.4 Å². The van der Waals surface area contributed by atoms with Crippen molar-refractivity contribution >= 4 is 11.9 Å². The summed E-state index contributed by atoms with van der Waals surface area (Å²) in [6, 6.07) is 12.3. The van der Waals surface area contributed by atoms with Crippen LogP contribution in [0.3, 0.4) is 0 Å². The van der Waals surface area contributed by atoms with Gasteiger partial charge >= 0.3 is 0 Å². The van der Waals surface area contributed by atoms with E-state index in [1.807, 2.05) is 55.0 Å². The second-order valence-corrected chi connectivity index (χ2v) is 8.57. The monoisotopic (exact) mass is 478 g/mol. The van der Waals surface area contributed by atoms with Crippen LogP contribution in [0, 0.1) is 12.7 Å². The van der Waals surface area contributed by atoms with E-state index in [-0.39, 0.29) is 5.82 Å². The van der Waals surface area contributed by atoms with Gasteiger partial charge in [0.05, 0.1) is 24.8 Å². The van der Waals surface area contributed by atoms with Gasteiger partial charge in [0.15, 0.2) is 5.84 Å². The first kappa shape index (κ1) is 24.5. The van der Waals surface area contributed by atoms with Gasteiger partial charge in [-0.2, -0.15) is 0 Å². The molecule has 0 fully saturated rings. The highest BCUT2D eigenvalue weighted by Gasteiger charge is 2.42. The molecule has 2 aromatic carbocycles. The molecule has 1 aliphatic heterocycles. The number of halogens is 1. The van der Waals surface area contributed by atoms with Crippen molar-refractivity contribution in [3.05, 3.63) is 83.7 Å². The number of unbranched alkanes of at least 4 members (excludes halogenated alkanes) is 1. The van der Waals surface area contributed by atoms with Crippen molar-refractivity contribution in [2.24, 2.45) is 5.16 Å². The summed E-state index contributed by atoms with van der Waals surface area (Å²) in [5.41, 5.74) is 2.81. The second kappa shape index (κ2) is 10.7. The number of nitrogens with zero attached hydrogens (tertiary/aromatic N) is 4. The fourth-order valence-electron chi connectivity index (χ4n) is 4.12. The van der Waals surface area contributed by atoms with E-state index in [1.54, 1.807) is 32.7 Å². The molecule has 1 aromatic heterocycles. The topological polar surface area (TPSA) is 61.1 Å². The van der Waals surface area contributed by atoms with Gasteiger partial charge in [-0.25, -0.2) is 9.37 Å². The minimum absolute atomic E-state index is 0.286. The molecular weight excluding hydrogens is 447 g/mol. The summed E-state index contributed by atoms with van der Waals surface area (Å²) in [5.74, 6) is 1.15. The van der Waals surface area contributed by atoms with Gasteiger partial charge in [-0.05, 0) is 55.7 Å². The highest BCUT2D eigenvalue weighted by molar-refractivity contribution is 5.97. The van der Waals surface area contributed by atoms with Crippen LogP contribution >= 0.6 is 0 Å². The molecular formula is C27H31FN4O3. The average Bonchev–Trinajstić information content (AvgIpc) is 3.44. The van der Waals surface area contributed by atoms with Crippen molar-refractivity contribution < 1.29 is 18.7 Å². The Morgan fingerprint density at radius 3 is 2.57 bits per heavy atom. The smallest absolute Gasteiger partial charge is 0.234 e.